The van der Waals surface area contributed by atoms with Crippen molar-refractivity contribution in [3.63, 3.8) is 0 Å². The molecule has 0 fully saturated rings. The van der Waals surface area contributed by atoms with Gasteiger partial charge in [0.05, 0.1) is 21.9 Å². The fourth-order valence-corrected chi connectivity index (χ4v) is 2.81. The summed E-state index contributed by atoms with van der Waals surface area (Å²) in [4.78, 5) is 35.8. The molecule has 0 aromatic heterocycles. The molecule has 2 aromatic rings. The first-order valence-corrected chi connectivity index (χ1v) is 10.6. The first-order valence-electron chi connectivity index (χ1n) is 9.51. The van der Waals surface area contributed by atoms with Crippen LogP contribution >= 0.6 is 34.8 Å². The molecule has 0 bridgehead atoms. The molecule has 170 valence electrons. The predicted octanol–water partition coefficient (Wildman–Crippen LogP) is 4.03. The van der Waals surface area contributed by atoms with Crippen molar-refractivity contribution in [2.45, 2.75) is 26.3 Å². The molecule has 0 heterocycles. The van der Waals surface area contributed by atoms with Crippen LogP contribution in [0.3, 0.4) is 0 Å². The highest BCUT2D eigenvalue weighted by Gasteiger charge is 2.15. The summed E-state index contributed by atoms with van der Waals surface area (Å²) in [5, 5.41) is 9.79. The lowest BCUT2D eigenvalue weighted by Gasteiger charge is -2.11. The lowest BCUT2D eigenvalue weighted by Crippen LogP contribution is -2.41. The van der Waals surface area contributed by atoms with E-state index < -0.39 is 17.7 Å². The summed E-state index contributed by atoms with van der Waals surface area (Å²) < 4.78 is 5.54. The Kier molecular flexibility index (Phi) is 9.77. The second-order valence-electron chi connectivity index (χ2n) is 6.60. The fourth-order valence-electron chi connectivity index (χ4n) is 2.28. The number of benzene rings is 2. The Bertz CT molecular complexity index is 1030. The second-order valence-corrected chi connectivity index (χ2v) is 7.82. The molecule has 11 heteroatoms. The minimum Gasteiger partial charge on any atom is -0.483 e. The summed E-state index contributed by atoms with van der Waals surface area (Å²) in [6.45, 7) is 3.32. The van der Waals surface area contributed by atoms with E-state index in [9.17, 15) is 14.4 Å². The van der Waals surface area contributed by atoms with E-state index in [1.54, 1.807) is 37.3 Å². The lowest BCUT2D eigenvalue weighted by atomic mass is 10.2. The first-order chi connectivity index (χ1) is 15.2. The molecule has 0 saturated heterocycles. The minimum absolute atomic E-state index is 0.141. The van der Waals surface area contributed by atoms with Gasteiger partial charge in [0.15, 0.2) is 6.61 Å². The molecule has 1 atom stereocenters. The summed E-state index contributed by atoms with van der Waals surface area (Å²) in [7, 11) is 0. The molecule has 0 unspecified atom stereocenters. The molecule has 0 spiro atoms. The van der Waals surface area contributed by atoms with Crippen molar-refractivity contribution in [3.05, 3.63) is 57.0 Å². The third kappa shape index (κ3) is 7.71. The largest absolute Gasteiger partial charge is 0.483 e. The van der Waals surface area contributed by atoms with Crippen molar-refractivity contribution < 1.29 is 19.1 Å². The molecule has 0 aliphatic heterocycles. The van der Waals surface area contributed by atoms with Crippen LogP contribution in [0.4, 0.5) is 5.69 Å². The maximum Gasteiger partial charge on any atom is 0.329 e. The summed E-state index contributed by atoms with van der Waals surface area (Å²) in [6, 6.07) is 9.35. The molecule has 2 aromatic carbocycles. The van der Waals surface area contributed by atoms with Gasteiger partial charge >= 0.3 is 11.8 Å². The van der Waals surface area contributed by atoms with Gasteiger partial charge in [-0.1, -0.05) is 47.8 Å². The standard InChI is InChI=1S/C21H21Cl3N4O4/c1-3-12(2)26-20(30)21(31)28-25-10-13-9-14(22)7-8-17(13)32-11-18(29)27-16-6-4-5-15(23)19(16)24/h4-10,12H,3,11H2,1-2H3,(H,26,30)(H,27,29)(H,28,31)/b25-10-/t12-/m1/s1. The first kappa shape index (κ1) is 25.5. The molecule has 0 radical (unpaired) electrons. The Hall–Kier alpha value is -2.81. The van der Waals surface area contributed by atoms with E-state index in [4.69, 9.17) is 39.5 Å². The van der Waals surface area contributed by atoms with Crippen molar-refractivity contribution in [2.24, 2.45) is 5.10 Å². The predicted molar refractivity (Wildman–Crippen MR) is 126 cm³/mol. The van der Waals surface area contributed by atoms with Gasteiger partial charge in [-0.15, -0.1) is 0 Å². The Morgan fingerprint density at radius 3 is 2.59 bits per heavy atom. The van der Waals surface area contributed by atoms with Crippen LogP contribution in [0.15, 0.2) is 41.5 Å². The number of anilines is 1. The number of halogens is 3. The molecule has 2 rings (SSSR count). The SMILES string of the molecule is CC[C@@H](C)NC(=O)C(=O)N/N=C\c1cc(Cl)ccc1OCC(=O)Nc1cccc(Cl)c1Cl. The number of carbonyl (C=O) groups is 3. The highest BCUT2D eigenvalue weighted by atomic mass is 35.5. The number of nitrogens with one attached hydrogen (secondary N) is 3. The van der Waals surface area contributed by atoms with Crippen LogP contribution < -0.4 is 20.8 Å². The zero-order chi connectivity index (χ0) is 23.7. The van der Waals surface area contributed by atoms with E-state index in [0.29, 0.717) is 27.7 Å². The minimum atomic E-state index is -0.913. The number of rotatable bonds is 8. The van der Waals surface area contributed by atoms with Gasteiger partial charge in [-0.25, -0.2) is 5.43 Å². The van der Waals surface area contributed by atoms with Gasteiger partial charge in [-0.05, 0) is 43.7 Å². The van der Waals surface area contributed by atoms with E-state index in [1.165, 1.54) is 12.3 Å². The van der Waals surface area contributed by atoms with Crippen LogP contribution in [-0.2, 0) is 14.4 Å². The number of ether oxygens (including phenoxy) is 1. The van der Waals surface area contributed by atoms with Gasteiger partial charge in [0.25, 0.3) is 5.91 Å². The maximum absolute atomic E-state index is 12.2. The van der Waals surface area contributed by atoms with Crippen LogP contribution in [0.5, 0.6) is 5.75 Å². The number of carbonyl (C=O) groups excluding carboxylic acids is 3. The summed E-state index contributed by atoms with van der Waals surface area (Å²) in [6.07, 6.45) is 1.93. The second kappa shape index (κ2) is 12.3. The van der Waals surface area contributed by atoms with Crippen LogP contribution in [0.2, 0.25) is 15.1 Å². The van der Waals surface area contributed by atoms with Crippen molar-refractivity contribution in [1.82, 2.24) is 10.7 Å². The Balaban J connectivity index is 1.99. The van der Waals surface area contributed by atoms with Crippen molar-refractivity contribution in [3.8, 4) is 5.75 Å². The van der Waals surface area contributed by atoms with Gasteiger partial charge in [0, 0.05) is 16.6 Å². The molecule has 0 saturated carbocycles. The van der Waals surface area contributed by atoms with E-state index >= 15 is 0 Å². The van der Waals surface area contributed by atoms with E-state index in [0.717, 1.165) is 0 Å². The average molecular weight is 500 g/mol. The molecule has 0 aliphatic carbocycles. The number of hydrazone groups is 1. The average Bonchev–Trinajstić information content (AvgIpc) is 2.76. The van der Waals surface area contributed by atoms with Gasteiger partial charge in [0.2, 0.25) is 0 Å². The normalized spacial score (nSPS) is 11.7. The van der Waals surface area contributed by atoms with Crippen molar-refractivity contribution >= 4 is 64.4 Å². The molecule has 3 N–H and O–H groups in total. The van der Waals surface area contributed by atoms with Gasteiger partial charge in [-0.3, -0.25) is 14.4 Å². The molecular weight excluding hydrogens is 479 g/mol. The Morgan fingerprint density at radius 1 is 1.12 bits per heavy atom. The lowest BCUT2D eigenvalue weighted by molar-refractivity contribution is -0.139. The third-order valence-corrected chi connectivity index (χ3v) is 5.18. The quantitative estimate of drug-likeness (QED) is 0.289. The maximum atomic E-state index is 12.2. The summed E-state index contributed by atoms with van der Waals surface area (Å²) >= 11 is 18.0. The van der Waals surface area contributed by atoms with Gasteiger partial charge in [-0.2, -0.15) is 5.10 Å². The van der Waals surface area contributed by atoms with Crippen LogP contribution in [0.25, 0.3) is 0 Å². The summed E-state index contributed by atoms with van der Waals surface area (Å²) in [5.41, 5.74) is 2.86. The van der Waals surface area contributed by atoms with Crippen LogP contribution in [0.1, 0.15) is 25.8 Å². The van der Waals surface area contributed by atoms with Crippen LogP contribution in [-0.4, -0.2) is 36.6 Å². The van der Waals surface area contributed by atoms with Crippen LogP contribution in [0, 0.1) is 0 Å². The molecule has 8 nitrogen and oxygen atoms in total. The highest BCUT2D eigenvalue weighted by molar-refractivity contribution is 6.44. The molecule has 3 amide bonds. The topological polar surface area (TPSA) is 109 Å². The van der Waals surface area contributed by atoms with Crippen molar-refractivity contribution in [1.29, 1.82) is 0 Å². The van der Waals surface area contributed by atoms with Gasteiger partial charge < -0.3 is 15.4 Å². The Labute approximate surface area is 200 Å². The number of hydrogen-bond acceptors (Lipinski definition) is 5. The highest BCUT2D eigenvalue weighted by Crippen LogP contribution is 2.29. The van der Waals surface area contributed by atoms with E-state index in [2.05, 4.69) is 21.2 Å². The van der Waals surface area contributed by atoms with Gasteiger partial charge in [0.1, 0.15) is 5.75 Å². The number of nitrogens with zero attached hydrogens (tertiary/aromatic N) is 1. The number of amides is 3. The monoisotopic (exact) mass is 498 g/mol. The molecular formula is C21H21Cl3N4O4. The zero-order valence-electron chi connectivity index (χ0n) is 17.2. The third-order valence-electron chi connectivity index (χ3n) is 4.12. The number of hydrogen-bond donors (Lipinski definition) is 3. The Morgan fingerprint density at radius 2 is 1.88 bits per heavy atom. The smallest absolute Gasteiger partial charge is 0.329 e. The molecule has 0 aliphatic rings. The van der Waals surface area contributed by atoms with Crippen molar-refractivity contribution in [2.75, 3.05) is 11.9 Å². The fraction of sp³-hybridized carbons (Fsp3) is 0.238. The van der Waals surface area contributed by atoms with E-state index in [1.807, 2.05) is 6.92 Å². The van der Waals surface area contributed by atoms with E-state index in [-0.39, 0.29) is 23.4 Å². The molecule has 32 heavy (non-hydrogen) atoms. The summed E-state index contributed by atoms with van der Waals surface area (Å²) in [5.74, 6) is -1.90. The zero-order valence-corrected chi connectivity index (χ0v) is 19.5.